The molecule has 0 fully saturated rings. The van der Waals surface area contributed by atoms with Crippen molar-refractivity contribution >= 4 is 45.0 Å². The SMILES string of the molecule is S=c1nc(-c2ccccc2)nc2n(-c3ccccc3)c3ccc(Br)cc3n12. The van der Waals surface area contributed by atoms with Crippen LogP contribution < -0.4 is 0 Å². The van der Waals surface area contributed by atoms with Crippen molar-refractivity contribution in [1.82, 2.24) is 18.9 Å². The second-order valence-corrected chi connectivity index (χ2v) is 7.42. The average molecular weight is 433 g/mol. The van der Waals surface area contributed by atoms with E-state index in [-0.39, 0.29) is 0 Å². The second-order valence-electron chi connectivity index (χ2n) is 6.14. The third-order valence-electron chi connectivity index (χ3n) is 4.46. The van der Waals surface area contributed by atoms with Crippen molar-refractivity contribution in [3.8, 4) is 17.1 Å². The van der Waals surface area contributed by atoms with Gasteiger partial charge in [0.1, 0.15) is 0 Å². The highest BCUT2D eigenvalue weighted by Crippen LogP contribution is 2.28. The molecule has 0 radical (unpaired) electrons. The number of imidazole rings is 1. The summed E-state index contributed by atoms with van der Waals surface area (Å²) in [6.07, 6.45) is 0. The maximum Gasteiger partial charge on any atom is 0.223 e. The first-order valence-corrected chi connectivity index (χ1v) is 9.64. The van der Waals surface area contributed by atoms with Gasteiger partial charge in [-0.2, -0.15) is 9.97 Å². The van der Waals surface area contributed by atoms with Gasteiger partial charge < -0.3 is 0 Å². The van der Waals surface area contributed by atoms with E-state index in [0.29, 0.717) is 10.6 Å². The molecule has 0 saturated carbocycles. The molecule has 0 aliphatic heterocycles. The molecule has 5 rings (SSSR count). The first-order chi connectivity index (χ1) is 13.2. The Morgan fingerprint density at radius 2 is 1.48 bits per heavy atom. The highest BCUT2D eigenvalue weighted by molar-refractivity contribution is 9.10. The highest BCUT2D eigenvalue weighted by Gasteiger charge is 2.16. The van der Waals surface area contributed by atoms with Crippen molar-refractivity contribution < 1.29 is 0 Å². The van der Waals surface area contributed by atoms with Crippen molar-refractivity contribution in [1.29, 1.82) is 0 Å². The maximum atomic E-state index is 5.66. The standard InChI is InChI=1S/C21H13BrN4S/c22-15-11-12-17-18(13-15)26-20(25(17)16-9-5-2-6-10-16)23-19(24-21(26)27)14-7-3-1-4-8-14/h1-13H. The molecule has 0 spiro atoms. The van der Waals surface area contributed by atoms with Gasteiger partial charge in [0, 0.05) is 15.7 Å². The normalized spacial score (nSPS) is 11.3. The van der Waals surface area contributed by atoms with E-state index < -0.39 is 0 Å². The van der Waals surface area contributed by atoms with Crippen LogP contribution in [0.4, 0.5) is 0 Å². The molecule has 3 aromatic carbocycles. The number of hydrogen-bond acceptors (Lipinski definition) is 3. The van der Waals surface area contributed by atoms with Crippen LogP contribution >= 0.6 is 28.1 Å². The van der Waals surface area contributed by atoms with Gasteiger partial charge in [0.2, 0.25) is 10.5 Å². The van der Waals surface area contributed by atoms with Gasteiger partial charge in [0.15, 0.2) is 5.82 Å². The Morgan fingerprint density at radius 3 is 2.22 bits per heavy atom. The first-order valence-electron chi connectivity index (χ1n) is 8.44. The lowest BCUT2D eigenvalue weighted by Crippen LogP contribution is -2.02. The molecule has 0 bridgehead atoms. The van der Waals surface area contributed by atoms with Gasteiger partial charge in [0.25, 0.3) is 0 Å². The summed E-state index contributed by atoms with van der Waals surface area (Å²) in [5.74, 6) is 1.37. The Bertz CT molecular complexity index is 1340. The monoisotopic (exact) mass is 432 g/mol. The molecule has 6 heteroatoms. The Balaban J connectivity index is 1.96. The van der Waals surface area contributed by atoms with E-state index in [1.54, 1.807) is 0 Å². The van der Waals surface area contributed by atoms with Crippen LogP contribution in [0, 0.1) is 4.77 Å². The van der Waals surface area contributed by atoms with Crippen LogP contribution in [-0.4, -0.2) is 18.9 Å². The van der Waals surface area contributed by atoms with E-state index in [0.717, 1.165) is 32.5 Å². The highest BCUT2D eigenvalue weighted by atomic mass is 79.9. The Morgan fingerprint density at radius 1 is 0.778 bits per heavy atom. The van der Waals surface area contributed by atoms with Crippen LogP contribution in [-0.2, 0) is 0 Å². The largest absolute Gasteiger partial charge is 0.278 e. The Labute approximate surface area is 168 Å². The molecule has 0 aliphatic rings. The van der Waals surface area contributed by atoms with Crippen LogP contribution in [0.25, 0.3) is 33.9 Å². The Kier molecular flexibility index (Phi) is 3.88. The summed E-state index contributed by atoms with van der Waals surface area (Å²) in [4.78, 5) is 9.48. The van der Waals surface area contributed by atoms with Gasteiger partial charge in [-0.3, -0.25) is 8.97 Å². The van der Waals surface area contributed by atoms with Crippen molar-refractivity contribution in [2.75, 3.05) is 0 Å². The molecular weight excluding hydrogens is 420 g/mol. The lowest BCUT2D eigenvalue weighted by molar-refractivity contribution is 0.978. The number of para-hydroxylation sites is 1. The summed E-state index contributed by atoms with van der Waals surface area (Å²) in [7, 11) is 0. The topological polar surface area (TPSA) is 35.1 Å². The number of benzene rings is 3. The zero-order valence-electron chi connectivity index (χ0n) is 14.1. The van der Waals surface area contributed by atoms with Gasteiger partial charge in [-0.15, -0.1) is 0 Å². The predicted octanol–water partition coefficient (Wildman–Crippen LogP) is 5.83. The lowest BCUT2D eigenvalue weighted by atomic mass is 10.2. The summed E-state index contributed by atoms with van der Waals surface area (Å²) in [6, 6.07) is 26.2. The minimum atomic E-state index is 0.483. The third kappa shape index (κ3) is 2.69. The van der Waals surface area contributed by atoms with Crippen LogP contribution in [0.2, 0.25) is 0 Å². The molecule has 0 unspecified atom stereocenters. The number of aromatic nitrogens is 4. The molecule has 0 aliphatic carbocycles. The lowest BCUT2D eigenvalue weighted by Gasteiger charge is -2.07. The molecule has 0 N–H and O–H groups in total. The van der Waals surface area contributed by atoms with Crippen LogP contribution in [0.15, 0.2) is 83.3 Å². The predicted molar refractivity (Wildman–Crippen MR) is 114 cm³/mol. The van der Waals surface area contributed by atoms with Gasteiger partial charge in [-0.05, 0) is 42.5 Å². The van der Waals surface area contributed by atoms with Gasteiger partial charge in [-0.1, -0.05) is 64.5 Å². The number of rotatable bonds is 2. The minimum absolute atomic E-state index is 0.483. The molecule has 4 nitrogen and oxygen atoms in total. The summed E-state index contributed by atoms with van der Waals surface area (Å²) in [5, 5.41) is 0. The zero-order valence-corrected chi connectivity index (χ0v) is 16.5. The van der Waals surface area contributed by atoms with Gasteiger partial charge in [0.05, 0.1) is 11.0 Å². The molecule has 130 valence electrons. The fourth-order valence-electron chi connectivity index (χ4n) is 3.28. The number of fused-ring (bicyclic) bond motifs is 3. The molecule has 0 atom stereocenters. The quantitative estimate of drug-likeness (QED) is 0.329. The molecular formula is C21H13BrN4S. The summed E-state index contributed by atoms with van der Waals surface area (Å²) >= 11 is 9.22. The molecule has 27 heavy (non-hydrogen) atoms. The van der Waals surface area contributed by atoms with Crippen LogP contribution in [0.3, 0.4) is 0 Å². The molecule has 2 heterocycles. The third-order valence-corrected chi connectivity index (χ3v) is 5.23. The van der Waals surface area contributed by atoms with E-state index in [2.05, 4.69) is 43.7 Å². The second kappa shape index (κ2) is 6.40. The van der Waals surface area contributed by atoms with E-state index >= 15 is 0 Å². The van der Waals surface area contributed by atoms with Crippen molar-refractivity contribution in [2.45, 2.75) is 0 Å². The van der Waals surface area contributed by atoms with E-state index in [9.17, 15) is 0 Å². The van der Waals surface area contributed by atoms with Crippen LogP contribution in [0.1, 0.15) is 0 Å². The van der Waals surface area contributed by atoms with Gasteiger partial charge >= 0.3 is 0 Å². The van der Waals surface area contributed by atoms with Gasteiger partial charge in [-0.25, -0.2) is 0 Å². The molecule has 5 aromatic rings. The summed E-state index contributed by atoms with van der Waals surface area (Å²) in [6.45, 7) is 0. The minimum Gasteiger partial charge on any atom is -0.278 e. The van der Waals surface area contributed by atoms with E-state index in [1.165, 1.54) is 0 Å². The summed E-state index contributed by atoms with van der Waals surface area (Å²) in [5.41, 5.74) is 3.96. The van der Waals surface area contributed by atoms with Crippen molar-refractivity contribution in [3.63, 3.8) is 0 Å². The molecule has 2 aromatic heterocycles. The smallest absolute Gasteiger partial charge is 0.223 e. The van der Waals surface area contributed by atoms with Crippen molar-refractivity contribution in [2.24, 2.45) is 0 Å². The molecule has 0 amide bonds. The van der Waals surface area contributed by atoms with E-state index in [1.807, 2.05) is 65.1 Å². The van der Waals surface area contributed by atoms with Crippen molar-refractivity contribution in [3.05, 3.63) is 88.1 Å². The number of nitrogens with zero attached hydrogens (tertiary/aromatic N) is 4. The Hall–Kier alpha value is -2.83. The van der Waals surface area contributed by atoms with Crippen LogP contribution in [0.5, 0.6) is 0 Å². The zero-order chi connectivity index (χ0) is 18.4. The summed E-state index contributed by atoms with van der Waals surface area (Å²) < 4.78 is 5.51. The van der Waals surface area contributed by atoms with E-state index in [4.69, 9.17) is 17.2 Å². The fraction of sp³-hybridized carbons (Fsp3) is 0. The molecule has 0 saturated heterocycles. The number of halogens is 1. The maximum absolute atomic E-state index is 5.66. The fourth-order valence-corrected chi connectivity index (χ4v) is 3.89. The average Bonchev–Trinajstić information content (AvgIpc) is 3.03. The first kappa shape index (κ1) is 16.4. The number of hydrogen-bond donors (Lipinski definition) is 0.